The summed E-state index contributed by atoms with van der Waals surface area (Å²) in [5.41, 5.74) is -1.15. The van der Waals surface area contributed by atoms with Crippen LogP contribution in [-0.4, -0.2) is 21.5 Å². The van der Waals surface area contributed by atoms with Crippen LogP contribution in [0.15, 0.2) is 9.32 Å². The lowest BCUT2D eigenvalue weighted by molar-refractivity contribution is -0.000421. The van der Waals surface area contributed by atoms with Crippen LogP contribution in [0, 0.1) is 0 Å². The molecular formula is C4H3NO5. The number of nitrogens with zero attached hydrogens (tertiary/aromatic N) is 1. The van der Waals surface area contributed by atoms with E-state index < -0.39 is 17.1 Å². The molecule has 0 aliphatic rings. The van der Waals surface area contributed by atoms with Crippen molar-refractivity contribution in [1.29, 1.82) is 0 Å². The van der Waals surface area contributed by atoms with E-state index >= 15 is 0 Å². The molecule has 6 heteroatoms. The second kappa shape index (κ2) is 1.90. The van der Waals surface area contributed by atoms with Gasteiger partial charge in [-0.15, -0.1) is 0 Å². The lowest BCUT2D eigenvalue weighted by Crippen LogP contribution is -2.09. The molecule has 1 aromatic rings. The minimum atomic E-state index is -1.15. The second-order valence-electron chi connectivity index (χ2n) is 1.50. The first-order valence-electron chi connectivity index (χ1n) is 2.26. The van der Waals surface area contributed by atoms with Crippen LogP contribution in [0.2, 0.25) is 0 Å². The topological polar surface area (TPSA) is 92.7 Å². The van der Waals surface area contributed by atoms with Gasteiger partial charge in [0.1, 0.15) is 0 Å². The Hall–Kier alpha value is -1.72. The largest absolute Gasteiger partial charge is 0.500 e. The predicted octanol–water partition coefficient (Wildman–Crippen LogP) is -0.803. The van der Waals surface area contributed by atoms with Crippen LogP contribution in [0.5, 0.6) is 5.75 Å². The van der Waals surface area contributed by atoms with E-state index in [-0.39, 0.29) is 11.2 Å². The summed E-state index contributed by atoms with van der Waals surface area (Å²) in [7, 11) is 0. The third-order valence-electron chi connectivity index (χ3n) is 0.902. The lowest BCUT2D eigenvalue weighted by Gasteiger charge is -1.78. The smallest absolute Gasteiger partial charge is 0.364 e. The van der Waals surface area contributed by atoms with E-state index in [9.17, 15) is 9.59 Å². The van der Waals surface area contributed by atoms with E-state index in [0.717, 1.165) is 0 Å². The molecule has 0 fully saturated rings. The summed E-state index contributed by atoms with van der Waals surface area (Å²) in [6.45, 7) is 0. The highest BCUT2D eigenvalue weighted by atomic mass is 16.7. The Labute approximate surface area is 53.8 Å². The molecule has 2 N–H and O–H groups in total. The van der Waals surface area contributed by atoms with Gasteiger partial charge in [-0.3, -0.25) is 9.59 Å². The van der Waals surface area contributed by atoms with Gasteiger partial charge in [-0.25, -0.2) is 0 Å². The number of aromatic hydroxyl groups is 1. The normalized spacial score (nSPS) is 9.60. The molecule has 54 valence electrons. The second-order valence-corrected chi connectivity index (χ2v) is 1.50. The molecule has 0 aliphatic carbocycles. The molecule has 0 aliphatic heterocycles. The van der Waals surface area contributed by atoms with Gasteiger partial charge < -0.3 is 14.8 Å². The number of rotatable bonds is 1. The van der Waals surface area contributed by atoms with Crippen molar-refractivity contribution >= 4 is 6.29 Å². The Morgan fingerprint density at radius 3 is 2.40 bits per heavy atom. The number of carbonyl (C=O) groups is 1. The molecule has 0 unspecified atom stereocenters. The standard InChI is InChI=1S/C4H3NO5/c6-1-2-3(7)4(8)5(9)10-2/h1,7,9H. The summed E-state index contributed by atoms with van der Waals surface area (Å²) in [5.74, 6) is -1.48. The average molecular weight is 145 g/mol. The summed E-state index contributed by atoms with van der Waals surface area (Å²) in [4.78, 5) is 20.0. The summed E-state index contributed by atoms with van der Waals surface area (Å²) < 4.78 is 4.04. The van der Waals surface area contributed by atoms with E-state index in [1.54, 1.807) is 0 Å². The van der Waals surface area contributed by atoms with Crippen LogP contribution in [0.3, 0.4) is 0 Å². The quantitative estimate of drug-likeness (QED) is 0.398. The average Bonchev–Trinajstić information content (AvgIpc) is 2.17. The molecule has 10 heavy (non-hydrogen) atoms. The minimum absolute atomic E-state index is 0.115. The van der Waals surface area contributed by atoms with Gasteiger partial charge in [0.25, 0.3) is 0 Å². The Kier molecular flexibility index (Phi) is 1.22. The van der Waals surface area contributed by atoms with Gasteiger partial charge in [-0.1, -0.05) is 0 Å². The van der Waals surface area contributed by atoms with Crippen LogP contribution >= 0.6 is 0 Å². The molecule has 0 saturated carbocycles. The molecule has 0 aromatic carbocycles. The van der Waals surface area contributed by atoms with Crippen LogP contribution < -0.4 is 5.56 Å². The maximum absolute atomic E-state index is 10.4. The van der Waals surface area contributed by atoms with Crippen molar-refractivity contribution in [3.63, 3.8) is 0 Å². The lowest BCUT2D eigenvalue weighted by atomic mass is 10.5. The molecule has 0 saturated heterocycles. The van der Waals surface area contributed by atoms with Crippen molar-refractivity contribution in [3.05, 3.63) is 16.1 Å². The molecule has 1 aromatic heterocycles. The predicted molar refractivity (Wildman–Crippen MR) is 27.2 cm³/mol. The van der Waals surface area contributed by atoms with Crippen molar-refractivity contribution in [2.45, 2.75) is 0 Å². The molecule has 0 atom stereocenters. The Morgan fingerprint density at radius 1 is 1.60 bits per heavy atom. The Bertz CT molecular complexity index is 308. The first-order valence-corrected chi connectivity index (χ1v) is 2.26. The van der Waals surface area contributed by atoms with Crippen molar-refractivity contribution < 1.29 is 19.6 Å². The first-order chi connectivity index (χ1) is 4.66. The molecule has 1 heterocycles. The summed E-state index contributed by atoms with van der Waals surface area (Å²) in [5, 5.41) is 17.0. The molecule has 0 bridgehead atoms. The fraction of sp³-hybridized carbons (Fsp3) is 0. The Balaban J connectivity index is 3.45. The van der Waals surface area contributed by atoms with Crippen LogP contribution in [0.1, 0.15) is 10.6 Å². The zero-order valence-electron chi connectivity index (χ0n) is 4.64. The van der Waals surface area contributed by atoms with E-state index in [2.05, 4.69) is 4.52 Å². The number of aldehydes is 1. The molecule has 0 amide bonds. The third-order valence-corrected chi connectivity index (χ3v) is 0.902. The minimum Gasteiger partial charge on any atom is -0.500 e. The number of carbonyl (C=O) groups excluding carboxylic acids is 1. The fourth-order valence-electron chi connectivity index (χ4n) is 0.451. The number of aromatic nitrogens is 1. The van der Waals surface area contributed by atoms with Crippen LogP contribution in [0.25, 0.3) is 0 Å². The summed E-state index contributed by atoms with van der Waals surface area (Å²) in [6.07, 6.45) is 0.115. The highest BCUT2D eigenvalue weighted by molar-refractivity contribution is 5.74. The van der Waals surface area contributed by atoms with Gasteiger partial charge in [-0.2, -0.15) is 0 Å². The fourth-order valence-corrected chi connectivity index (χ4v) is 0.451. The van der Waals surface area contributed by atoms with Gasteiger partial charge >= 0.3 is 5.56 Å². The maximum atomic E-state index is 10.4. The summed E-state index contributed by atoms with van der Waals surface area (Å²) in [6, 6.07) is 0. The van der Waals surface area contributed by atoms with E-state index in [1.165, 1.54) is 0 Å². The highest BCUT2D eigenvalue weighted by Crippen LogP contribution is 2.06. The van der Waals surface area contributed by atoms with Gasteiger partial charge in [-0.05, 0) is 0 Å². The highest BCUT2D eigenvalue weighted by Gasteiger charge is 2.13. The number of hydrogen-bond donors (Lipinski definition) is 2. The SMILES string of the molecule is O=Cc1on(O)c(=O)c1O. The Morgan fingerprint density at radius 2 is 2.20 bits per heavy atom. The monoisotopic (exact) mass is 145 g/mol. The van der Waals surface area contributed by atoms with Crippen molar-refractivity contribution in [2.75, 3.05) is 0 Å². The van der Waals surface area contributed by atoms with E-state index in [0.29, 0.717) is 0 Å². The molecule has 0 spiro atoms. The zero-order chi connectivity index (χ0) is 7.72. The number of hydrogen-bond acceptors (Lipinski definition) is 5. The molecule has 0 radical (unpaired) electrons. The van der Waals surface area contributed by atoms with Crippen LogP contribution in [-0.2, 0) is 0 Å². The maximum Gasteiger partial charge on any atom is 0.364 e. The third kappa shape index (κ3) is 0.661. The van der Waals surface area contributed by atoms with Gasteiger partial charge in [0.15, 0.2) is 6.29 Å². The van der Waals surface area contributed by atoms with Crippen molar-refractivity contribution in [3.8, 4) is 5.75 Å². The van der Waals surface area contributed by atoms with Crippen molar-refractivity contribution in [1.82, 2.24) is 4.90 Å². The van der Waals surface area contributed by atoms with Gasteiger partial charge in [0.2, 0.25) is 11.5 Å². The van der Waals surface area contributed by atoms with Crippen LogP contribution in [0.4, 0.5) is 0 Å². The molecule has 1 rings (SSSR count). The van der Waals surface area contributed by atoms with Crippen molar-refractivity contribution in [2.24, 2.45) is 0 Å². The molecule has 6 nitrogen and oxygen atoms in total. The van der Waals surface area contributed by atoms with Gasteiger partial charge in [0, 0.05) is 4.90 Å². The zero-order valence-corrected chi connectivity index (χ0v) is 4.64. The van der Waals surface area contributed by atoms with E-state index in [4.69, 9.17) is 10.3 Å². The molecular weight excluding hydrogens is 142 g/mol. The summed E-state index contributed by atoms with van der Waals surface area (Å²) >= 11 is 0. The van der Waals surface area contributed by atoms with E-state index in [1.807, 2.05) is 0 Å². The first kappa shape index (κ1) is 6.40. The van der Waals surface area contributed by atoms with Gasteiger partial charge in [0.05, 0.1) is 0 Å².